The first-order valence-electron chi connectivity index (χ1n) is 18.2. The molecule has 1 aliphatic rings. The standard InChI is InChI=1S/C43H53N3O7/c1-13-16-31-45-34-25(2)23-26(3)44-36(34)46(31)24-27-19-21-28(22-20-27)43(33(38(49)52-41(7,8)9)39(50)53-42(10,11)12)30-18-15-14-17-29(30)35(47)32(43)37(48)51-40(4,5)6/h14-15,17-23,33,47H,13,16,24H2,1-12H3. The SMILES string of the molecule is CCCc1nc2c(C)cc(C)nc2n1Cc1ccc(C2(C(C(=O)OC(C)(C)C)C(=O)OC(C)(C)C)C(C(=O)OC(C)(C)C)=C(O)c3ccccc32)cc1. The number of aromatic nitrogens is 3. The van der Waals surface area contributed by atoms with E-state index in [0.717, 1.165) is 46.7 Å². The Morgan fingerprint density at radius 1 is 0.811 bits per heavy atom. The molecule has 0 radical (unpaired) electrons. The van der Waals surface area contributed by atoms with Gasteiger partial charge in [0.25, 0.3) is 0 Å². The van der Waals surface area contributed by atoms with Gasteiger partial charge in [0.05, 0.1) is 17.5 Å². The number of carbonyl (C=O) groups excluding carboxylic acids is 3. The molecule has 0 fully saturated rings. The van der Waals surface area contributed by atoms with Gasteiger partial charge in [-0.15, -0.1) is 0 Å². The van der Waals surface area contributed by atoms with Crippen LogP contribution in [0.4, 0.5) is 0 Å². The van der Waals surface area contributed by atoms with Gasteiger partial charge in [-0.05, 0) is 111 Å². The van der Waals surface area contributed by atoms with Crippen LogP contribution in [-0.4, -0.2) is 54.4 Å². The number of benzene rings is 2. The Bertz CT molecular complexity index is 2060. The molecule has 2 heterocycles. The van der Waals surface area contributed by atoms with Crippen molar-refractivity contribution in [3.8, 4) is 0 Å². The Balaban J connectivity index is 1.79. The summed E-state index contributed by atoms with van der Waals surface area (Å²) < 4.78 is 19.9. The van der Waals surface area contributed by atoms with Gasteiger partial charge in [-0.1, -0.05) is 55.5 Å². The van der Waals surface area contributed by atoms with Gasteiger partial charge in [0.15, 0.2) is 11.6 Å². The molecule has 1 N–H and O–H groups in total. The summed E-state index contributed by atoms with van der Waals surface area (Å²) in [7, 11) is 0. The molecule has 53 heavy (non-hydrogen) atoms. The van der Waals surface area contributed by atoms with Gasteiger partial charge in [-0.2, -0.15) is 0 Å². The molecule has 0 aliphatic heterocycles. The minimum Gasteiger partial charge on any atom is -0.507 e. The third-order valence-corrected chi connectivity index (χ3v) is 8.88. The maximum Gasteiger partial charge on any atom is 0.339 e. The normalized spacial score (nSPS) is 16.2. The fourth-order valence-electron chi connectivity index (χ4n) is 7.10. The highest BCUT2D eigenvalue weighted by atomic mass is 16.6. The van der Waals surface area contributed by atoms with Crippen molar-refractivity contribution in [1.82, 2.24) is 14.5 Å². The van der Waals surface area contributed by atoms with E-state index in [0.29, 0.717) is 23.2 Å². The summed E-state index contributed by atoms with van der Waals surface area (Å²) in [5.41, 5.74) is 0.417. The van der Waals surface area contributed by atoms with Crippen molar-refractivity contribution in [2.24, 2.45) is 5.92 Å². The number of nitrogens with zero attached hydrogens (tertiary/aromatic N) is 3. The highest BCUT2D eigenvalue weighted by Gasteiger charge is 2.62. The van der Waals surface area contributed by atoms with Crippen molar-refractivity contribution in [2.75, 3.05) is 0 Å². The van der Waals surface area contributed by atoms with E-state index in [9.17, 15) is 19.5 Å². The zero-order chi connectivity index (χ0) is 39.3. The zero-order valence-electron chi connectivity index (χ0n) is 33.1. The van der Waals surface area contributed by atoms with Crippen LogP contribution in [0.3, 0.4) is 0 Å². The van der Waals surface area contributed by atoms with Crippen molar-refractivity contribution in [2.45, 2.75) is 125 Å². The molecule has 1 unspecified atom stereocenters. The largest absolute Gasteiger partial charge is 0.507 e. The third-order valence-electron chi connectivity index (χ3n) is 8.88. The number of hydrogen-bond donors (Lipinski definition) is 1. The second-order valence-electron chi connectivity index (χ2n) is 16.9. The van der Waals surface area contributed by atoms with Crippen LogP contribution in [0.5, 0.6) is 0 Å². The van der Waals surface area contributed by atoms with E-state index in [1.807, 2.05) is 32.0 Å². The molecule has 0 amide bonds. The third kappa shape index (κ3) is 7.87. The Labute approximate surface area is 312 Å². The molecular weight excluding hydrogens is 670 g/mol. The second-order valence-corrected chi connectivity index (χ2v) is 16.9. The molecule has 10 nitrogen and oxygen atoms in total. The molecular formula is C43H53N3O7. The summed E-state index contributed by atoms with van der Waals surface area (Å²) >= 11 is 0. The number of hydrogen-bond acceptors (Lipinski definition) is 9. The quantitative estimate of drug-likeness (QED) is 0.103. The van der Waals surface area contributed by atoms with Crippen molar-refractivity contribution in [1.29, 1.82) is 0 Å². The van der Waals surface area contributed by atoms with Crippen LogP contribution in [0.1, 0.15) is 115 Å². The lowest BCUT2D eigenvalue weighted by molar-refractivity contribution is -0.177. The van der Waals surface area contributed by atoms with Crippen molar-refractivity contribution in [3.05, 3.63) is 99.5 Å². The number of aliphatic hydroxyl groups is 1. The van der Waals surface area contributed by atoms with E-state index in [2.05, 4.69) is 11.5 Å². The molecule has 282 valence electrons. The van der Waals surface area contributed by atoms with Gasteiger partial charge in [-0.25, -0.2) is 14.8 Å². The highest BCUT2D eigenvalue weighted by Crippen LogP contribution is 2.56. The van der Waals surface area contributed by atoms with E-state index in [1.165, 1.54) is 0 Å². The van der Waals surface area contributed by atoms with Crippen molar-refractivity contribution in [3.63, 3.8) is 0 Å². The summed E-state index contributed by atoms with van der Waals surface area (Å²) in [6, 6.07) is 16.2. The molecule has 0 saturated carbocycles. The first-order valence-corrected chi connectivity index (χ1v) is 18.2. The van der Waals surface area contributed by atoms with Crippen LogP contribution in [-0.2, 0) is 47.0 Å². The highest BCUT2D eigenvalue weighted by molar-refractivity contribution is 6.09. The summed E-state index contributed by atoms with van der Waals surface area (Å²) in [6.07, 6.45) is 1.67. The van der Waals surface area contributed by atoms with Gasteiger partial charge >= 0.3 is 17.9 Å². The molecule has 5 rings (SSSR count). The smallest absolute Gasteiger partial charge is 0.339 e. The summed E-state index contributed by atoms with van der Waals surface area (Å²) in [5.74, 6) is -3.92. The summed E-state index contributed by atoms with van der Waals surface area (Å²) in [4.78, 5) is 53.4. The molecule has 0 saturated heterocycles. The number of imidazole rings is 1. The van der Waals surface area contributed by atoms with Gasteiger partial charge in [0, 0.05) is 17.7 Å². The first kappa shape index (κ1) is 39.2. The van der Waals surface area contributed by atoms with Crippen LogP contribution in [0, 0.1) is 19.8 Å². The Kier molecular flexibility index (Phi) is 10.4. The molecule has 2 aromatic carbocycles. The number of aryl methyl sites for hydroxylation is 3. The van der Waals surface area contributed by atoms with Crippen LogP contribution < -0.4 is 0 Å². The number of rotatable bonds is 9. The molecule has 1 aliphatic carbocycles. The minimum atomic E-state index is -1.91. The van der Waals surface area contributed by atoms with Crippen LogP contribution >= 0.6 is 0 Å². The second kappa shape index (κ2) is 14.1. The van der Waals surface area contributed by atoms with Gasteiger partial charge < -0.3 is 23.9 Å². The molecule has 4 aromatic rings. The van der Waals surface area contributed by atoms with Crippen molar-refractivity contribution >= 4 is 34.8 Å². The van der Waals surface area contributed by atoms with Crippen LogP contribution in [0.15, 0.2) is 60.2 Å². The zero-order valence-corrected chi connectivity index (χ0v) is 33.1. The average molecular weight is 724 g/mol. The monoisotopic (exact) mass is 723 g/mol. The first-order chi connectivity index (χ1) is 24.6. The van der Waals surface area contributed by atoms with Crippen molar-refractivity contribution < 1.29 is 33.7 Å². The maximum atomic E-state index is 14.6. The Morgan fingerprint density at radius 2 is 1.38 bits per heavy atom. The number of aliphatic hydroxyl groups excluding tert-OH is 1. The topological polar surface area (TPSA) is 130 Å². The van der Waals surface area contributed by atoms with E-state index in [4.69, 9.17) is 24.2 Å². The number of ether oxygens (including phenoxy) is 3. The summed E-state index contributed by atoms with van der Waals surface area (Å²) in [6.45, 7) is 21.9. The van der Waals surface area contributed by atoms with Crippen LogP contribution in [0.2, 0.25) is 0 Å². The molecule has 0 bridgehead atoms. The maximum absolute atomic E-state index is 14.6. The molecule has 2 aromatic heterocycles. The molecule has 10 heteroatoms. The molecule has 1 atom stereocenters. The lowest BCUT2D eigenvalue weighted by Gasteiger charge is -2.40. The van der Waals surface area contributed by atoms with Gasteiger partial charge in [0.1, 0.15) is 33.9 Å². The van der Waals surface area contributed by atoms with E-state index in [-0.39, 0.29) is 11.3 Å². The van der Waals surface area contributed by atoms with Crippen LogP contribution in [0.25, 0.3) is 16.9 Å². The molecule has 0 spiro atoms. The number of esters is 3. The average Bonchev–Trinajstić information content (AvgIpc) is 3.48. The minimum absolute atomic E-state index is 0.246. The lowest BCUT2D eigenvalue weighted by Crippen LogP contribution is -2.51. The fourth-order valence-corrected chi connectivity index (χ4v) is 7.10. The number of pyridine rings is 1. The Morgan fingerprint density at radius 3 is 1.92 bits per heavy atom. The Hall–Kier alpha value is -4.99. The van der Waals surface area contributed by atoms with E-state index in [1.54, 1.807) is 98.7 Å². The van der Waals surface area contributed by atoms with Gasteiger partial charge in [0.2, 0.25) is 0 Å². The van der Waals surface area contributed by atoms with Gasteiger partial charge in [-0.3, -0.25) is 9.59 Å². The summed E-state index contributed by atoms with van der Waals surface area (Å²) in [5, 5.41) is 12.0. The fraction of sp³-hybridized carbons (Fsp3) is 0.465. The van der Waals surface area contributed by atoms with E-state index < -0.39 is 46.0 Å². The number of fused-ring (bicyclic) bond motifs is 2. The number of carbonyl (C=O) groups is 3. The van der Waals surface area contributed by atoms with E-state index >= 15 is 0 Å². The lowest BCUT2D eigenvalue weighted by atomic mass is 9.63. The predicted octanol–water partition coefficient (Wildman–Crippen LogP) is 8.26. The predicted molar refractivity (Wildman–Crippen MR) is 204 cm³/mol.